The van der Waals surface area contributed by atoms with Gasteiger partial charge in [-0.05, 0) is 24.6 Å². The standard InChI is InChI=1S/C17H16N2O4S/c1-3-23-14(20)8-19-10-18-16-15(17(19)21)13(9-24-16)11-4-6-12(22-2)7-5-11/h4-7,9-10H,3,8H2,1-2H3. The Kier molecular flexibility index (Phi) is 4.61. The molecule has 2 aromatic heterocycles. The zero-order valence-electron chi connectivity index (χ0n) is 13.3. The lowest BCUT2D eigenvalue weighted by Gasteiger charge is -2.06. The number of esters is 1. The van der Waals surface area contributed by atoms with Crippen LogP contribution in [-0.2, 0) is 16.1 Å². The van der Waals surface area contributed by atoms with Gasteiger partial charge in [0.1, 0.15) is 17.1 Å². The highest BCUT2D eigenvalue weighted by Gasteiger charge is 2.15. The maximum atomic E-state index is 12.7. The first-order valence-electron chi connectivity index (χ1n) is 7.40. The van der Waals surface area contributed by atoms with Crippen molar-refractivity contribution in [2.75, 3.05) is 13.7 Å². The Morgan fingerprint density at radius 2 is 2.04 bits per heavy atom. The lowest BCUT2D eigenvalue weighted by atomic mass is 10.1. The van der Waals surface area contributed by atoms with E-state index in [1.54, 1.807) is 14.0 Å². The van der Waals surface area contributed by atoms with Crippen molar-refractivity contribution < 1.29 is 14.3 Å². The minimum absolute atomic E-state index is 0.145. The van der Waals surface area contributed by atoms with Crippen molar-refractivity contribution in [1.29, 1.82) is 0 Å². The molecule has 0 amide bonds. The van der Waals surface area contributed by atoms with E-state index >= 15 is 0 Å². The van der Waals surface area contributed by atoms with Crippen molar-refractivity contribution in [3.05, 3.63) is 46.3 Å². The van der Waals surface area contributed by atoms with Crippen LogP contribution in [0.25, 0.3) is 21.3 Å². The van der Waals surface area contributed by atoms with Gasteiger partial charge in [-0.15, -0.1) is 11.3 Å². The summed E-state index contributed by atoms with van der Waals surface area (Å²) in [5.41, 5.74) is 1.45. The van der Waals surface area contributed by atoms with Crippen LogP contribution in [0.2, 0.25) is 0 Å². The first kappa shape index (κ1) is 16.2. The topological polar surface area (TPSA) is 70.4 Å². The van der Waals surface area contributed by atoms with E-state index in [0.29, 0.717) is 10.2 Å². The van der Waals surface area contributed by atoms with Gasteiger partial charge in [-0.1, -0.05) is 12.1 Å². The molecule has 1 aromatic carbocycles. The summed E-state index contributed by atoms with van der Waals surface area (Å²) in [6.07, 6.45) is 1.38. The predicted molar refractivity (Wildman–Crippen MR) is 92.5 cm³/mol. The number of nitrogens with zero attached hydrogens (tertiary/aromatic N) is 2. The molecule has 0 aliphatic heterocycles. The van der Waals surface area contributed by atoms with Crippen molar-refractivity contribution in [1.82, 2.24) is 9.55 Å². The zero-order valence-corrected chi connectivity index (χ0v) is 14.1. The lowest BCUT2D eigenvalue weighted by Crippen LogP contribution is -2.25. The Balaban J connectivity index is 2.06. The minimum Gasteiger partial charge on any atom is -0.497 e. The van der Waals surface area contributed by atoms with Gasteiger partial charge in [0, 0.05) is 10.9 Å². The molecule has 24 heavy (non-hydrogen) atoms. The fourth-order valence-electron chi connectivity index (χ4n) is 2.41. The van der Waals surface area contributed by atoms with Crippen molar-refractivity contribution in [3.8, 4) is 16.9 Å². The minimum atomic E-state index is -0.457. The fraction of sp³-hybridized carbons (Fsp3) is 0.235. The normalized spacial score (nSPS) is 10.8. The molecule has 0 unspecified atom stereocenters. The molecule has 0 atom stereocenters. The molecule has 0 aliphatic carbocycles. The molecule has 0 fully saturated rings. The summed E-state index contributed by atoms with van der Waals surface area (Å²) < 4.78 is 11.3. The number of thiophene rings is 1. The second-order valence-corrected chi connectivity index (χ2v) is 5.90. The second-order valence-electron chi connectivity index (χ2n) is 5.04. The summed E-state index contributed by atoms with van der Waals surface area (Å²) in [5, 5.41) is 2.41. The number of fused-ring (bicyclic) bond motifs is 1. The summed E-state index contributed by atoms with van der Waals surface area (Å²) in [6, 6.07) is 7.46. The van der Waals surface area contributed by atoms with Gasteiger partial charge < -0.3 is 9.47 Å². The number of carbonyl (C=O) groups is 1. The number of hydrogen-bond acceptors (Lipinski definition) is 6. The fourth-order valence-corrected chi connectivity index (χ4v) is 3.32. The predicted octanol–water partition coefficient (Wildman–Crippen LogP) is 2.70. The Morgan fingerprint density at radius 3 is 2.71 bits per heavy atom. The molecule has 3 rings (SSSR count). The molecular formula is C17H16N2O4S. The molecule has 2 heterocycles. The van der Waals surface area contributed by atoms with E-state index in [1.165, 1.54) is 22.2 Å². The van der Waals surface area contributed by atoms with E-state index in [9.17, 15) is 9.59 Å². The van der Waals surface area contributed by atoms with E-state index in [4.69, 9.17) is 9.47 Å². The van der Waals surface area contributed by atoms with Crippen molar-refractivity contribution in [3.63, 3.8) is 0 Å². The number of rotatable bonds is 5. The van der Waals surface area contributed by atoms with Gasteiger partial charge in [-0.3, -0.25) is 14.2 Å². The molecule has 0 aliphatic rings. The van der Waals surface area contributed by atoms with Gasteiger partial charge in [0.15, 0.2) is 0 Å². The van der Waals surface area contributed by atoms with Crippen LogP contribution >= 0.6 is 11.3 Å². The van der Waals surface area contributed by atoms with Crippen LogP contribution in [-0.4, -0.2) is 29.2 Å². The highest BCUT2D eigenvalue weighted by molar-refractivity contribution is 7.17. The Labute approximate surface area is 142 Å². The lowest BCUT2D eigenvalue weighted by molar-refractivity contribution is -0.143. The van der Waals surface area contributed by atoms with Gasteiger partial charge in [0.25, 0.3) is 5.56 Å². The molecule has 0 spiro atoms. The second kappa shape index (κ2) is 6.84. The Hall–Kier alpha value is -2.67. The summed E-state index contributed by atoms with van der Waals surface area (Å²) in [5.74, 6) is 0.290. The number of ether oxygens (including phenoxy) is 2. The first-order chi connectivity index (χ1) is 11.6. The summed E-state index contributed by atoms with van der Waals surface area (Å²) >= 11 is 1.40. The summed E-state index contributed by atoms with van der Waals surface area (Å²) in [7, 11) is 1.60. The highest BCUT2D eigenvalue weighted by atomic mass is 32.1. The maximum absolute atomic E-state index is 12.7. The van der Waals surface area contributed by atoms with Crippen LogP contribution in [0.5, 0.6) is 5.75 Å². The van der Waals surface area contributed by atoms with Crippen molar-refractivity contribution >= 4 is 27.5 Å². The molecule has 7 heteroatoms. The zero-order chi connectivity index (χ0) is 17.1. The average Bonchev–Trinajstić information content (AvgIpc) is 3.02. The van der Waals surface area contributed by atoms with Crippen LogP contribution in [0, 0.1) is 0 Å². The number of carbonyl (C=O) groups excluding carboxylic acids is 1. The number of hydrogen-bond donors (Lipinski definition) is 0. The van der Waals surface area contributed by atoms with Gasteiger partial charge in [0.2, 0.25) is 0 Å². The highest BCUT2D eigenvalue weighted by Crippen LogP contribution is 2.31. The van der Waals surface area contributed by atoms with E-state index in [1.807, 2.05) is 29.6 Å². The molecule has 3 aromatic rings. The van der Waals surface area contributed by atoms with Gasteiger partial charge in [-0.2, -0.15) is 0 Å². The van der Waals surface area contributed by atoms with Crippen LogP contribution in [0.15, 0.2) is 40.8 Å². The van der Waals surface area contributed by atoms with Crippen molar-refractivity contribution in [2.45, 2.75) is 13.5 Å². The molecule has 0 saturated carbocycles. The number of aromatic nitrogens is 2. The van der Waals surface area contributed by atoms with E-state index in [2.05, 4.69) is 4.98 Å². The van der Waals surface area contributed by atoms with Crippen LogP contribution in [0.1, 0.15) is 6.92 Å². The molecule has 0 saturated heterocycles. The first-order valence-corrected chi connectivity index (χ1v) is 8.28. The molecule has 0 N–H and O–H groups in total. The third-order valence-electron chi connectivity index (χ3n) is 3.57. The largest absolute Gasteiger partial charge is 0.497 e. The Bertz CT molecular complexity index is 928. The van der Waals surface area contributed by atoms with Gasteiger partial charge in [-0.25, -0.2) is 4.98 Å². The molecule has 0 radical (unpaired) electrons. The molecule has 124 valence electrons. The molecule has 6 nitrogen and oxygen atoms in total. The average molecular weight is 344 g/mol. The SMILES string of the molecule is CCOC(=O)Cn1cnc2scc(-c3ccc(OC)cc3)c2c1=O. The smallest absolute Gasteiger partial charge is 0.326 e. The third kappa shape index (κ3) is 3.03. The van der Waals surface area contributed by atoms with Gasteiger partial charge in [0.05, 0.1) is 25.4 Å². The van der Waals surface area contributed by atoms with E-state index in [-0.39, 0.29) is 18.7 Å². The number of benzene rings is 1. The van der Waals surface area contributed by atoms with Crippen molar-refractivity contribution in [2.24, 2.45) is 0 Å². The van der Waals surface area contributed by atoms with Crippen LogP contribution < -0.4 is 10.3 Å². The third-order valence-corrected chi connectivity index (χ3v) is 4.45. The number of methoxy groups -OCH3 is 1. The van der Waals surface area contributed by atoms with Gasteiger partial charge >= 0.3 is 5.97 Å². The molecule has 0 bridgehead atoms. The molecular weight excluding hydrogens is 328 g/mol. The Morgan fingerprint density at radius 1 is 1.29 bits per heavy atom. The van der Waals surface area contributed by atoms with E-state index < -0.39 is 5.97 Å². The monoisotopic (exact) mass is 344 g/mol. The van der Waals surface area contributed by atoms with Crippen LogP contribution in [0.3, 0.4) is 0 Å². The van der Waals surface area contributed by atoms with Crippen LogP contribution in [0.4, 0.5) is 0 Å². The summed E-state index contributed by atoms with van der Waals surface area (Å²) in [6.45, 7) is 1.86. The maximum Gasteiger partial charge on any atom is 0.326 e. The summed E-state index contributed by atoms with van der Waals surface area (Å²) in [4.78, 5) is 29.3. The quantitative estimate of drug-likeness (QED) is 0.666. The van der Waals surface area contributed by atoms with E-state index in [0.717, 1.165) is 16.9 Å².